The summed E-state index contributed by atoms with van der Waals surface area (Å²) in [5, 5.41) is 7.75. The summed E-state index contributed by atoms with van der Waals surface area (Å²) >= 11 is 0. The first-order valence-electron chi connectivity index (χ1n) is 7.80. The highest BCUT2D eigenvalue weighted by atomic mass is 19.3. The lowest BCUT2D eigenvalue weighted by molar-refractivity contribution is -0.0688. The van der Waals surface area contributed by atoms with Gasteiger partial charge in [0.1, 0.15) is 5.69 Å². The molecule has 0 atom stereocenters. The number of benzene rings is 1. The quantitative estimate of drug-likeness (QED) is 0.395. The standard InChI is InChI=1S/C16H17F3N6O/c1-3-25(4-2)11-6-7-12(23-24-16-20-8-5-9-21-16)13(10-11)22-15(19)26-14(17)18/h5-10,14H,3-4H2,1-2H3. The third-order valence-corrected chi connectivity index (χ3v) is 3.28. The molecule has 1 aromatic carbocycles. The summed E-state index contributed by atoms with van der Waals surface area (Å²) in [5.41, 5.74) is 0.877. The van der Waals surface area contributed by atoms with Crippen molar-refractivity contribution in [2.75, 3.05) is 18.0 Å². The van der Waals surface area contributed by atoms with Crippen molar-refractivity contribution in [3.05, 3.63) is 36.7 Å². The third-order valence-electron chi connectivity index (χ3n) is 3.28. The molecular formula is C16H17F3N6O. The van der Waals surface area contributed by atoms with Crippen LogP contribution in [-0.4, -0.2) is 35.8 Å². The van der Waals surface area contributed by atoms with Crippen molar-refractivity contribution in [1.29, 1.82) is 0 Å². The van der Waals surface area contributed by atoms with Crippen LogP contribution >= 0.6 is 0 Å². The molecule has 2 rings (SSSR count). The highest BCUT2D eigenvalue weighted by Crippen LogP contribution is 2.34. The summed E-state index contributed by atoms with van der Waals surface area (Å²) in [5.74, 6) is 0.0968. The Kier molecular flexibility index (Phi) is 7.01. The van der Waals surface area contributed by atoms with E-state index in [1.807, 2.05) is 18.7 Å². The van der Waals surface area contributed by atoms with Gasteiger partial charge in [0.25, 0.3) is 5.95 Å². The van der Waals surface area contributed by atoms with Crippen molar-refractivity contribution >= 4 is 29.2 Å². The fraction of sp³-hybridized carbons (Fsp3) is 0.312. The molecule has 0 saturated carbocycles. The van der Waals surface area contributed by atoms with Crippen molar-refractivity contribution in [1.82, 2.24) is 9.97 Å². The molecule has 7 nitrogen and oxygen atoms in total. The Hall–Kier alpha value is -3.04. The number of azo groups is 1. The molecule has 0 N–H and O–H groups in total. The van der Waals surface area contributed by atoms with E-state index in [-0.39, 0.29) is 17.3 Å². The number of anilines is 1. The molecule has 0 amide bonds. The molecule has 1 aromatic heterocycles. The Morgan fingerprint density at radius 2 is 1.81 bits per heavy atom. The number of nitrogens with zero attached hydrogens (tertiary/aromatic N) is 6. The van der Waals surface area contributed by atoms with Gasteiger partial charge in [-0.1, -0.05) is 0 Å². The molecule has 0 aliphatic heterocycles. The largest absolute Gasteiger partial charge is 0.393 e. The number of hydrogen-bond donors (Lipinski definition) is 0. The average molecular weight is 366 g/mol. The van der Waals surface area contributed by atoms with Crippen LogP contribution in [0.5, 0.6) is 0 Å². The lowest BCUT2D eigenvalue weighted by Crippen LogP contribution is -2.21. The van der Waals surface area contributed by atoms with E-state index in [0.29, 0.717) is 13.1 Å². The van der Waals surface area contributed by atoms with Gasteiger partial charge in [0, 0.05) is 31.2 Å². The second-order valence-corrected chi connectivity index (χ2v) is 4.84. The Labute approximate surface area is 148 Å². The minimum atomic E-state index is -3.31. The van der Waals surface area contributed by atoms with Crippen molar-refractivity contribution in [3.63, 3.8) is 0 Å². The SMILES string of the molecule is CCN(CC)c1ccc(N=Nc2ncccn2)c(N=C(F)OC(F)F)c1. The summed E-state index contributed by atoms with van der Waals surface area (Å²) in [7, 11) is 0. The maximum Gasteiger partial charge on any atom is 0.390 e. The zero-order valence-electron chi connectivity index (χ0n) is 14.2. The summed E-state index contributed by atoms with van der Waals surface area (Å²) in [6.07, 6.45) is 1.31. The van der Waals surface area contributed by atoms with E-state index in [9.17, 15) is 13.2 Å². The summed E-state index contributed by atoms with van der Waals surface area (Å²) in [6.45, 7) is 2.00. The highest BCUT2D eigenvalue weighted by Gasteiger charge is 2.12. The first-order valence-corrected chi connectivity index (χ1v) is 7.80. The lowest BCUT2D eigenvalue weighted by Gasteiger charge is -2.21. The number of rotatable bonds is 7. The summed E-state index contributed by atoms with van der Waals surface area (Å²) in [4.78, 5) is 13.2. The van der Waals surface area contributed by atoms with Gasteiger partial charge in [-0.2, -0.15) is 13.8 Å². The van der Waals surface area contributed by atoms with Gasteiger partial charge in [0.2, 0.25) is 0 Å². The van der Waals surface area contributed by atoms with Crippen LogP contribution in [0.1, 0.15) is 13.8 Å². The molecule has 0 spiro atoms. The topological polar surface area (TPSA) is 75.3 Å². The first kappa shape index (κ1) is 19.3. The maximum absolute atomic E-state index is 13.5. The molecule has 0 unspecified atom stereocenters. The van der Waals surface area contributed by atoms with Gasteiger partial charge in [-0.25, -0.2) is 9.97 Å². The molecule has 0 aliphatic rings. The molecule has 0 aliphatic carbocycles. The number of ether oxygens (including phenoxy) is 1. The second-order valence-electron chi connectivity index (χ2n) is 4.84. The number of halogens is 3. The molecule has 0 radical (unpaired) electrons. The monoisotopic (exact) mass is 366 g/mol. The van der Waals surface area contributed by atoms with E-state index in [4.69, 9.17) is 0 Å². The predicted molar refractivity (Wildman–Crippen MR) is 91.5 cm³/mol. The molecule has 1 heterocycles. The van der Waals surface area contributed by atoms with Crippen molar-refractivity contribution < 1.29 is 17.9 Å². The van der Waals surface area contributed by atoms with Crippen LogP contribution < -0.4 is 4.90 Å². The molecule has 26 heavy (non-hydrogen) atoms. The Bertz CT molecular complexity index is 766. The molecule has 2 aromatic rings. The maximum atomic E-state index is 13.5. The van der Waals surface area contributed by atoms with Crippen molar-refractivity contribution in [2.24, 2.45) is 15.2 Å². The van der Waals surface area contributed by atoms with Gasteiger partial charge < -0.3 is 9.64 Å². The number of aliphatic imine (C=N–C) groups is 1. The average Bonchev–Trinajstić information content (AvgIpc) is 2.62. The van der Waals surface area contributed by atoms with Crippen molar-refractivity contribution in [2.45, 2.75) is 20.5 Å². The van der Waals surface area contributed by atoms with Crippen molar-refractivity contribution in [3.8, 4) is 0 Å². The third kappa shape index (κ3) is 5.50. The van der Waals surface area contributed by atoms with Gasteiger partial charge in [-0.05, 0) is 38.1 Å². The van der Waals surface area contributed by atoms with Crippen LogP contribution in [0.15, 0.2) is 51.9 Å². The van der Waals surface area contributed by atoms with Crippen LogP contribution in [0.2, 0.25) is 0 Å². The molecule has 138 valence electrons. The zero-order chi connectivity index (χ0) is 18.9. The fourth-order valence-corrected chi connectivity index (χ4v) is 2.11. The van der Waals surface area contributed by atoms with E-state index in [2.05, 4.69) is 29.9 Å². The number of hydrogen-bond acceptors (Lipinski definition) is 7. The second kappa shape index (κ2) is 9.44. The molecular weight excluding hydrogens is 349 g/mol. The smallest absolute Gasteiger partial charge is 0.390 e. The van der Waals surface area contributed by atoms with Gasteiger partial charge in [-0.15, -0.1) is 14.6 Å². The first-order chi connectivity index (χ1) is 12.5. The fourth-order valence-electron chi connectivity index (χ4n) is 2.11. The normalized spacial score (nSPS) is 12.0. The number of aromatic nitrogens is 2. The molecule has 0 saturated heterocycles. The van der Waals surface area contributed by atoms with E-state index >= 15 is 0 Å². The van der Waals surface area contributed by atoms with Gasteiger partial charge in [0.05, 0.1) is 5.69 Å². The number of alkyl halides is 2. The Balaban J connectivity index is 2.40. The zero-order valence-corrected chi connectivity index (χ0v) is 14.2. The molecule has 0 bridgehead atoms. The van der Waals surface area contributed by atoms with Gasteiger partial charge in [-0.3, -0.25) is 0 Å². The van der Waals surface area contributed by atoms with Gasteiger partial charge >= 0.3 is 12.8 Å². The minimum Gasteiger partial charge on any atom is -0.393 e. The molecule has 10 heteroatoms. The van der Waals surface area contributed by atoms with E-state index < -0.39 is 12.8 Å². The van der Waals surface area contributed by atoms with Crippen LogP contribution in [0.3, 0.4) is 0 Å². The van der Waals surface area contributed by atoms with Crippen LogP contribution in [0.4, 0.5) is 36.2 Å². The molecule has 0 fully saturated rings. The van der Waals surface area contributed by atoms with Gasteiger partial charge in [0.15, 0.2) is 0 Å². The minimum absolute atomic E-state index is 0.00719. The van der Waals surface area contributed by atoms with Crippen LogP contribution in [0, 0.1) is 0 Å². The van der Waals surface area contributed by atoms with E-state index in [0.717, 1.165) is 5.69 Å². The summed E-state index contributed by atoms with van der Waals surface area (Å²) in [6, 6.07) is 6.43. The predicted octanol–water partition coefficient (Wildman–Crippen LogP) is 4.93. The van der Waals surface area contributed by atoms with Crippen LogP contribution in [-0.2, 0) is 4.74 Å². The summed E-state index contributed by atoms with van der Waals surface area (Å²) < 4.78 is 41.5. The Morgan fingerprint density at radius 1 is 1.12 bits per heavy atom. The van der Waals surface area contributed by atoms with E-state index in [1.165, 1.54) is 18.5 Å². The highest BCUT2D eigenvalue weighted by molar-refractivity contribution is 5.77. The Morgan fingerprint density at radius 3 is 2.42 bits per heavy atom. The van der Waals surface area contributed by atoms with E-state index in [1.54, 1.807) is 18.2 Å². The lowest BCUT2D eigenvalue weighted by atomic mass is 10.2. The van der Waals surface area contributed by atoms with Crippen LogP contribution in [0.25, 0.3) is 0 Å².